The summed E-state index contributed by atoms with van der Waals surface area (Å²) in [6.45, 7) is 11.7. The summed E-state index contributed by atoms with van der Waals surface area (Å²) >= 11 is 0. The van der Waals surface area contributed by atoms with Crippen LogP contribution in [0.25, 0.3) is 0 Å². The Balaban J connectivity index is 2.65. The molecule has 0 saturated heterocycles. The Hall–Kier alpha value is -0.960. The van der Waals surface area contributed by atoms with Crippen LogP contribution in [0.5, 0.6) is 0 Å². The van der Waals surface area contributed by atoms with E-state index >= 15 is 0 Å². The van der Waals surface area contributed by atoms with Crippen molar-refractivity contribution in [3.8, 4) is 0 Å². The highest BCUT2D eigenvalue weighted by Gasteiger charge is 2.05. The van der Waals surface area contributed by atoms with Crippen LogP contribution < -0.4 is 5.32 Å². The van der Waals surface area contributed by atoms with Crippen molar-refractivity contribution in [3.05, 3.63) is 23.3 Å². The quantitative estimate of drug-likeness (QED) is 0.824. The summed E-state index contributed by atoms with van der Waals surface area (Å²) in [5, 5.41) is 3.40. The van der Waals surface area contributed by atoms with Gasteiger partial charge in [0.15, 0.2) is 0 Å². The van der Waals surface area contributed by atoms with Crippen molar-refractivity contribution >= 4 is 0 Å². The molecule has 1 aromatic heterocycles. The maximum Gasteiger partial charge on any atom is 0.128 e. The van der Waals surface area contributed by atoms with E-state index in [-0.39, 0.29) is 0 Å². The van der Waals surface area contributed by atoms with Gasteiger partial charge >= 0.3 is 0 Å². The van der Waals surface area contributed by atoms with Gasteiger partial charge in [-0.2, -0.15) is 0 Å². The standard InChI is InChI=1S/C14H25N3/c1-10(2)6-7-14-16-8-12(5)13(17-14)9-15-11(3)4/h8,10-11,15H,6-7,9H2,1-5H3. The Morgan fingerprint density at radius 1 is 1.24 bits per heavy atom. The van der Waals surface area contributed by atoms with Crippen molar-refractivity contribution in [2.45, 2.75) is 60.0 Å². The topological polar surface area (TPSA) is 37.8 Å². The normalized spacial score (nSPS) is 11.5. The lowest BCUT2D eigenvalue weighted by atomic mass is 10.1. The van der Waals surface area contributed by atoms with Crippen LogP contribution in [0.3, 0.4) is 0 Å². The molecular weight excluding hydrogens is 210 g/mol. The summed E-state index contributed by atoms with van der Waals surface area (Å²) in [6, 6.07) is 0.489. The van der Waals surface area contributed by atoms with E-state index in [9.17, 15) is 0 Å². The highest BCUT2D eigenvalue weighted by atomic mass is 14.9. The van der Waals surface area contributed by atoms with Crippen molar-refractivity contribution in [1.82, 2.24) is 15.3 Å². The molecule has 0 spiro atoms. The van der Waals surface area contributed by atoms with Crippen molar-refractivity contribution in [3.63, 3.8) is 0 Å². The van der Waals surface area contributed by atoms with Gasteiger partial charge in [-0.25, -0.2) is 9.97 Å². The van der Waals surface area contributed by atoms with Crippen LogP contribution in [0, 0.1) is 12.8 Å². The van der Waals surface area contributed by atoms with Crippen molar-refractivity contribution in [1.29, 1.82) is 0 Å². The average molecular weight is 235 g/mol. The monoisotopic (exact) mass is 235 g/mol. The van der Waals surface area contributed by atoms with E-state index in [0.717, 1.165) is 30.9 Å². The van der Waals surface area contributed by atoms with Gasteiger partial charge in [0, 0.05) is 25.2 Å². The Bertz CT molecular complexity index is 345. The van der Waals surface area contributed by atoms with E-state index in [1.807, 2.05) is 6.20 Å². The summed E-state index contributed by atoms with van der Waals surface area (Å²) in [6.07, 6.45) is 4.08. The molecule has 0 aliphatic heterocycles. The first-order chi connectivity index (χ1) is 7.99. The number of rotatable bonds is 6. The molecule has 0 saturated carbocycles. The van der Waals surface area contributed by atoms with E-state index in [2.05, 4.69) is 49.9 Å². The van der Waals surface area contributed by atoms with Gasteiger partial charge in [0.2, 0.25) is 0 Å². The average Bonchev–Trinajstić information content (AvgIpc) is 2.26. The van der Waals surface area contributed by atoms with Gasteiger partial charge in [0.05, 0.1) is 5.69 Å². The molecule has 0 bridgehead atoms. The van der Waals surface area contributed by atoms with Gasteiger partial charge in [0.1, 0.15) is 5.82 Å². The van der Waals surface area contributed by atoms with Gasteiger partial charge in [0.25, 0.3) is 0 Å². The predicted molar refractivity (Wildman–Crippen MR) is 71.9 cm³/mol. The number of hydrogen-bond donors (Lipinski definition) is 1. The second-order valence-corrected chi connectivity index (χ2v) is 5.38. The molecule has 1 aromatic rings. The smallest absolute Gasteiger partial charge is 0.128 e. The number of aryl methyl sites for hydroxylation is 2. The fourth-order valence-electron chi connectivity index (χ4n) is 1.54. The number of aromatic nitrogens is 2. The summed E-state index contributed by atoms with van der Waals surface area (Å²) < 4.78 is 0. The molecule has 0 fully saturated rings. The number of nitrogens with one attached hydrogen (secondary N) is 1. The first kappa shape index (κ1) is 14.1. The molecule has 1 rings (SSSR count). The first-order valence-electron chi connectivity index (χ1n) is 6.53. The fraction of sp³-hybridized carbons (Fsp3) is 0.714. The minimum absolute atomic E-state index is 0.489. The third kappa shape index (κ3) is 5.26. The largest absolute Gasteiger partial charge is 0.309 e. The Kier molecular flexibility index (Phi) is 5.56. The molecule has 0 aliphatic carbocycles. The summed E-state index contributed by atoms with van der Waals surface area (Å²) in [4.78, 5) is 9.04. The Labute approximate surface area is 105 Å². The molecule has 0 unspecified atom stereocenters. The maximum absolute atomic E-state index is 4.64. The van der Waals surface area contributed by atoms with Gasteiger partial charge in [-0.05, 0) is 24.8 Å². The molecule has 0 atom stereocenters. The first-order valence-corrected chi connectivity index (χ1v) is 6.53. The van der Waals surface area contributed by atoms with Crippen molar-refractivity contribution in [2.24, 2.45) is 5.92 Å². The Morgan fingerprint density at radius 3 is 2.53 bits per heavy atom. The molecule has 3 nitrogen and oxygen atoms in total. The molecule has 0 aliphatic rings. The van der Waals surface area contributed by atoms with E-state index in [0.29, 0.717) is 12.0 Å². The zero-order chi connectivity index (χ0) is 12.8. The second kappa shape index (κ2) is 6.70. The predicted octanol–water partition coefficient (Wildman–Crippen LogP) is 2.87. The third-order valence-electron chi connectivity index (χ3n) is 2.75. The molecule has 17 heavy (non-hydrogen) atoms. The maximum atomic E-state index is 4.64. The van der Waals surface area contributed by atoms with Crippen LogP contribution in [0.15, 0.2) is 6.20 Å². The Morgan fingerprint density at radius 2 is 1.94 bits per heavy atom. The lowest BCUT2D eigenvalue weighted by Gasteiger charge is -2.11. The molecule has 0 aromatic carbocycles. The number of hydrogen-bond acceptors (Lipinski definition) is 3. The molecule has 0 amide bonds. The van der Waals surface area contributed by atoms with E-state index < -0.39 is 0 Å². The van der Waals surface area contributed by atoms with E-state index in [1.165, 1.54) is 5.56 Å². The highest BCUT2D eigenvalue weighted by Crippen LogP contribution is 2.08. The minimum Gasteiger partial charge on any atom is -0.309 e. The lowest BCUT2D eigenvalue weighted by Crippen LogP contribution is -2.23. The van der Waals surface area contributed by atoms with Crippen molar-refractivity contribution < 1.29 is 0 Å². The minimum atomic E-state index is 0.489. The van der Waals surface area contributed by atoms with Crippen LogP contribution in [0.2, 0.25) is 0 Å². The van der Waals surface area contributed by atoms with E-state index in [1.54, 1.807) is 0 Å². The zero-order valence-corrected chi connectivity index (χ0v) is 11.7. The fourth-order valence-corrected chi connectivity index (χ4v) is 1.54. The highest BCUT2D eigenvalue weighted by molar-refractivity contribution is 5.15. The molecule has 1 heterocycles. The number of nitrogens with zero attached hydrogens (tertiary/aromatic N) is 2. The third-order valence-corrected chi connectivity index (χ3v) is 2.75. The molecule has 3 heteroatoms. The lowest BCUT2D eigenvalue weighted by molar-refractivity contribution is 0.560. The summed E-state index contributed by atoms with van der Waals surface area (Å²) in [5.41, 5.74) is 2.30. The van der Waals surface area contributed by atoms with Gasteiger partial charge in [-0.3, -0.25) is 0 Å². The van der Waals surface area contributed by atoms with Crippen LogP contribution in [-0.4, -0.2) is 16.0 Å². The van der Waals surface area contributed by atoms with Gasteiger partial charge in [-0.15, -0.1) is 0 Å². The molecular formula is C14H25N3. The SMILES string of the molecule is Cc1cnc(CCC(C)C)nc1CNC(C)C. The van der Waals surface area contributed by atoms with Crippen molar-refractivity contribution in [2.75, 3.05) is 0 Å². The summed E-state index contributed by atoms with van der Waals surface area (Å²) in [5.74, 6) is 1.68. The second-order valence-electron chi connectivity index (χ2n) is 5.38. The summed E-state index contributed by atoms with van der Waals surface area (Å²) in [7, 11) is 0. The van der Waals surface area contributed by atoms with Crippen LogP contribution in [-0.2, 0) is 13.0 Å². The van der Waals surface area contributed by atoms with Crippen LogP contribution in [0.1, 0.15) is 51.2 Å². The zero-order valence-electron chi connectivity index (χ0n) is 11.7. The van der Waals surface area contributed by atoms with Gasteiger partial charge in [-0.1, -0.05) is 27.7 Å². The molecule has 1 N–H and O–H groups in total. The van der Waals surface area contributed by atoms with E-state index in [4.69, 9.17) is 0 Å². The van der Waals surface area contributed by atoms with Crippen LogP contribution >= 0.6 is 0 Å². The van der Waals surface area contributed by atoms with Crippen LogP contribution in [0.4, 0.5) is 0 Å². The molecule has 0 radical (unpaired) electrons. The van der Waals surface area contributed by atoms with Gasteiger partial charge < -0.3 is 5.32 Å². The molecule has 96 valence electrons.